The van der Waals surface area contributed by atoms with E-state index in [0.717, 1.165) is 113 Å². The van der Waals surface area contributed by atoms with Gasteiger partial charge in [-0.25, -0.2) is 0 Å². The summed E-state index contributed by atoms with van der Waals surface area (Å²) in [5.41, 5.74) is 7.36. The Morgan fingerprint density at radius 2 is 1.76 bits per heavy atom. The van der Waals surface area contributed by atoms with Gasteiger partial charge in [-0.15, -0.1) is 0 Å². The Morgan fingerprint density at radius 3 is 2.45 bits per heavy atom. The van der Waals surface area contributed by atoms with Crippen LogP contribution in [0.25, 0.3) is 11.0 Å². The van der Waals surface area contributed by atoms with Gasteiger partial charge in [-0.05, 0) is 154 Å². The molecule has 0 radical (unpaired) electrons. The van der Waals surface area contributed by atoms with E-state index in [-0.39, 0.29) is 52.5 Å². The van der Waals surface area contributed by atoms with Crippen molar-refractivity contribution in [2.45, 2.75) is 182 Å². The van der Waals surface area contributed by atoms with Crippen molar-refractivity contribution >= 4 is 22.6 Å². The highest BCUT2D eigenvalue weighted by molar-refractivity contribution is 6.03. The lowest BCUT2D eigenvalue weighted by Gasteiger charge is -2.71. The summed E-state index contributed by atoms with van der Waals surface area (Å²) < 4.78 is 14.1. The first-order valence-corrected chi connectivity index (χ1v) is 26.2. The number of ketones is 2. The molecule has 0 bridgehead atoms. The Kier molecular flexibility index (Phi) is 12.9. The van der Waals surface area contributed by atoms with Gasteiger partial charge in [-0.2, -0.15) is 0 Å². The van der Waals surface area contributed by atoms with Gasteiger partial charge in [-0.3, -0.25) is 9.59 Å². The van der Waals surface area contributed by atoms with Crippen molar-refractivity contribution < 1.29 is 29.3 Å². The average Bonchev–Trinajstić information content (AvgIpc) is 3.53. The van der Waals surface area contributed by atoms with Crippen molar-refractivity contribution in [3.63, 3.8) is 0 Å². The summed E-state index contributed by atoms with van der Waals surface area (Å²) in [6, 6.07) is 9.27. The zero-order chi connectivity index (χ0) is 47.1. The number of ether oxygens (including phenoxy) is 2. The fourth-order valence-corrected chi connectivity index (χ4v) is 16.2. The predicted molar refractivity (Wildman–Crippen MR) is 262 cm³/mol. The topological polar surface area (TPSA) is 129 Å². The number of nitrogens with one attached hydrogen (secondary N) is 2. The third-order valence-electron chi connectivity index (χ3n) is 19.7. The molecule has 0 spiro atoms. The summed E-state index contributed by atoms with van der Waals surface area (Å²) >= 11 is 0. The molecule has 3 aromatic rings. The SMILES string of the molecule is CCCCC[C@@H]1C(=O)C([C@H](C)C[C@@H](O)[C@H]2OC2(C)C)=C2[C@@H](Cn3cc(Cc4cc(C)cc(C5CCOCC5)c4)c4[nH]ccc43)[C@@H](O)[C@@H]3[C@]4(C)CCC(=O)[C@@](C)(CCNC)[C@@H]4CC[C@]3(C)[C@]21C. The number of H-pyrrole nitrogens is 1. The van der Waals surface area contributed by atoms with Crippen LogP contribution in [-0.4, -0.2) is 82.0 Å². The standard InChI is InChI=1S/C57H83N3O6/c1-11-12-13-14-41-50(64)46(35(3)29-43(61)52-53(4,5)66-52)47-40(49(63)51-55(7)20-16-45(62)54(6,22-24-58-10)44(55)15-21-56(51,8)57(41,47)9)33-60-32-39(48-42(60)17-23-59-48)31-36-27-34(2)28-38(30-36)37-18-25-65-26-19-37/h17,23,27-28,30,32,35,37,40-41,43-44,49,51-52,58-59,61,63H,11-16,18-22,24-26,29,31,33H2,1-10H3/t35-,40-,41-,43-,44+,49-,51-,52-,54+,55-,56+,57+/m1/s1. The number of hydrogen-bond donors (Lipinski definition) is 4. The maximum Gasteiger partial charge on any atom is 0.163 e. The third kappa shape index (κ3) is 7.67. The number of aromatic nitrogens is 2. The van der Waals surface area contributed by atoms with Crippen LogP contribution in [0.3, 0.4) is 0 Å². The number of aromatic amines is 1. The van der Waals surface area contributed by atoms with E-state index in [0.29, 0.717) is 31.1 Å². The highest BCUT2D eigenvalue weighted by Crippen LogP contribution is 2.76. The summed E-state index contributed by atoms with van der Waals surface area (Å²) in [5.74, 6) is 0.349. The van der Waals surface area contributed by atoms with Crippen LogP contribution < -0.4 is 5.32 Å². The van der Waals surface area contributed by atoms with Gasteiger partial charge in [0, 0.05) is 67.7 Å². The van der Waals surface area contributed by atoms with Crippen LogP contribution in [0.2, 0.25) is 0 Å². The first kappa shape index (κ1) is 48.0. The Labute approximate surface area is 395 Å². The van der Waals surface area contributed by atoms with Gasteiger partial charge in [0.05, 0.1) is 28.8 Å². The molecule has 0 amide bonds. The molecule has 4 N–H and O–H groups in total. The number of carbonyl (C=O) groups excluding carboxylic acids is 2. The second kappa shape index (κ2) is 17.7. The van der Waals surface area contributed by atoms with Gasteiger partial charge < -0.3 is 34.6 Å². The van der Waals surface area contributed by atoms with Gasteiger partial charge >= 0.3 is 0 Å². The van der Waals surface area contributed by atoms with Gasteiger partial charge in [0.2, 0.25) is 0 Å². The number of benzene rings is 1. The van der Waals surface area contributed by atoms with Crippen molar-refractivity contribution in [2.75, 3.05) is 26.8 Å². The molecule has 12 atom stereocenters. The van der Waals surface area contributed by atoms with Crippen LogP contribution >= 0.6 is 0 Å². The molecular weight excluding hydrogens is 823 g/mol. The van der Waals surface area contributed by atoms with Gasteiger partial charge in [0.1, 0.15) is 11.9 Å². The molecule has 3 saturated carbocycles. The molecule has 2 saturated heterocycles. The summed E-state index contributed by atoms with van der Waals surface area (Å²) in [6.45, 7) is 23.1. The number of hydrogen-bond acceptors (Lipinski definition) is 7. The smallest absolute Gasteiger partial charge is 0.163 e. The molecule has 6 aliphatic rings. The molecule has 2 aromatic heterocycles. The zero-order valence-corrected chi connectivity index (χ0v) is 42.2. The maximum atomic E-state index is 15.8. The zero-order valence-electron chi connectivity index (χ0n) is 42.2. The first-order valence-electron chi connectivity index (χ1n) is 26.2. The monoisotopic (exact) mass is 906 g/mol. The third-order valence-corrected chi connectivity index (χ3v) is 19.7. The molecule has 362 valence electrons. The molecular formula is C57H83N3O6. The summed E-state index contributed by atoms with van der Waals surface area (Å²) in [5, 5.41) is 28.9. The number of rotatable bonds is 16. The van der Waals surface area contributed by atoms with Crippen LogP contribution in [0.5, 0.6) is 0 Å². The van der Waals surface area contributed by atoms with Crippen molar-refractivity contribution in [2.24, 2.45) is 51.2 Å². The van der Waals surface area contributed by atoms with Crippen LogP contribution in [-0.2, 0) is 32.0 Å². The lowest BCUT2D eigenvalue weighted by atomic mass is 9.33. The number of Topliss-reactive ketones (excluding diaryl/α,β-unsaturated/α-hetero) is 2. The lowest BCUT2D eigenvalue weighted by molar-refractivity contribution is -0.229. The van der Waals surface area contributed by atoms with Crippen LogP contribution in [0.15, 0.2) is 47.8 Å². The van der Waals surface area contributed by atoms with Crippen LogP contribution in [0.1, 0.15) is 161 Å². The molecule has 0 unspecified atom stereocenters. The second-order valence-corrected chi connectivity index (χ2v) is 23.9. The fraction of sp³-hybridized carbons (Fsp3) is 0.719. The Hall–Kier alpha value is -3.08. The summed E-state index contributed by atoms with van der Waals surface area (Å²) in [6.07, 6.45) is 13.8. The molecule has 9 heteroatoms. The molecule has 5 fully saturated rings. The van der Waals surface area contributed by atoms with Crippen molar-refractivity contribution in [1.29, 1.82) is 0 Å². The highest BCUT2D eigenvalue weighted by atomic mass is 16.6. The fourth-order valence-electron chi connectivity index (χ4n) is 16.2. The number of aliphatic hydroxyl groups is 2. The highest BCUT2D eigenvalue weighted by Gasteiger charge is 2.74. The minimum Gasteiger partial charge on any atom is -0.392 e. The molecule has 66 heavy (non-hydrogen) atoms. The Bertz CT molecular complexity index is 2330. The molecule has 2 aliphatic heterocycles. The van der Waals surface area contributed by atoms with Crippen molar-refractivity contribution in [1.82, 2.24) is 14.9 Å². The van der Waals surface area contributed by atoms with Crippen molar-refractivity contribution in [3.05, 3.63) is 70.1 Å². The normalized spacial score (nSPS) is 36.4. The predicted octanol–water partition coefficient (Wildman–Crippen LogP) is 10.4. The minimum atomic E-state index is -0.744. The van der Waals surface area contributed by atoms with E-state index >= 15 is 4.79 Å². The molecule has 9 rings (SSSR count). The number of aliphatic hydroxyl groups excluding tert-OH is 2. The first-order chi connectivity index (χ1) is 31.3. The van der Waals surface area contributed by atoms with E-state index < -0.39 is 28.5 Å². The molecule has 9 nitrogen and oxygen atoms in total. The van der Waals surface area contributed by atoms with E-state index in [1.54, 1.807) is 0 Å². The number of unbranched alkanes of at least 4 members (excludes halogenated alkanes) is 2. The minimum absolute atomic E-state index is 0.125. The van der Waals surface area contributed by atoms with Gasteiger partial charge in [0.25, 0.3) is 0 Å². The number of epoxide rings is 1. The second-order valence-electron chi connectivity index (χ2n) is 23.9. The van der Waals surface area contributed by atoms with E-state index in [1.165, 1.54) is 22.3 Å². The van der Waals surface area contributed by atoms with Crippen molar-refractivity contribution in [3.8, 4) is 0 Å². The summed E-state index contributed by atoms with van der Waals surface area (Å²) in [4.78, 5) is 33.6. The summed E-state index contributed by atoms with van der Waals surface area (Å²) in [7, 11) is 1.98. The number of carbonyl (C=O) groups is 2. The number of allylic oxidation sites excluding steroid dienone is 1. The van der Waals surface area contributed by atoms with Gasteiger partial charge in [0.15, 0.2) is 5.78 Å². The largest absolute Gasteiger partial charge is 0.392 e. The van der Waals surface area contributed by atoms with E-state index in [4.69, 9.17) is 9.47 Å². The van der Waals surface area contributed by atoms with Crippen LogP contribution in [0.4, 0.5) is 0 Å². The number of fused-ring (bicyclic) bond motifs is 6. The van der Waals surface area contributed by atoms with E-state index in [9.17, 15) is 15.0 Å². The lowest BCUT2D eigenvalue weighted by Crippen LogP contribution is -2.69. The van der Waals surface area contributed by atoms with Gasteiger partial charge in [-0.1, -0.05) is 84.6 Å². The van der Waals surface area contributed by atoms with E-state index in [1.807, 2.05) is 27.1 Å². The number of aryl methyl sites for hydroxylation is 1. The Balaban J connectivity index is 1.18. The maximum absolute atomic E-state index is 15.8. The quantitative estimate of drug-likeness (QED) is 0.0832. The van der Waals surface area contributed by atoms with Crippen LogP contribution in [0, 0.1) is 58.2 Å². The Morgan fingerprint density at radius 1 is 1.02 bits per heavy atom. The molecule has 4 heterocycles. The molecule has 4 aliphatic carbocycles. The van der Waals surface area contributed by atoms with E-state index in [2.05, 4.69) is 93.8 Å². The number of nitrogens with zero attached hydrogens (tertiary/aromatic N) is 1. The average molecular weight is 906 g/mol. The molecule has 1 aromatic carbocycles.